The Morgan fingerprint density at radius 3 is 2.18 bits per heavy atom. The van der Waals surface area contributed by atoms with E-state index in [-0.39, 0.29) is 5.46 Å². The molecule has 2 rings (SSSR count). The fourth-order valence-corrected chi connectivity index (χ4v) is 2.03. The lowest BCUT2D eigenvalue weighted by Gasteiger charge is -2.32. The molecule has 0 bridgehead atoms. The minimum Gasteiger partial charge on any atom is -0.478 e. The van der Waals surface area contributed by atoms with Crippen LogP contribution in [0.4, 0.5) is 10.1 Å². The molecule has 1 heterocycles. The fourth-order valence-electron chi connectivity index (χ4n) is 2.03. The second-order valence-corrected chi connectivity index (χ2v) is 6.05. The van der Waals surface area contributed by atoms with Gasteiger partial charge >= 0.3 is 18.8 Å². The Morgan fingerprint density at radius 1 is 1.27 bits per heavy atom. The molecule has 9 heteroatoms. The van der Waals surface area contributed by atoms with E-state index in [0.717, 1.165) is 12.1 Å². The van der Waals surface area contributed by atoms with Crippen molar-refractivity contribution in [1.82, 2.24) is 0 Å². The molecule has 0 aliphatic carbocycles. The summed E-state index contributed by atoms with van der Waals surface area (Å²) in [5.74, 6) is -2.99. The molecule has 1 N–H and O–H groups in total. The lowest BCUT2D eigenvalue weighted by molar-refractivity contribution is -0.387. The number of rotatable bonds is 3. The standard InChI is InChI=1S/C13H15BFNO6/c1-12(2)13(3,4)22-14(21-12)7-5-8(11(17)18)10(15)9(6-7)16(19)20/h5-6H,1-4H3,(H,17,18). The van der Waals surface area contributed by atoms with E-state index in [1.54, 1.807) is 27.7 Å². The SMILES string of the molecule is CC1(C)OB(c2cc(C(=O)O)c(F)c([N+](=O)[O-])c2)OC1(C)C. The van der Waals surface area contributed by atoms with Gasteiger partial charge in [0.15, 0.2) is 0 Å². The van der Waals surface area contributed by atoms with Gasteiger partial charge in [-0.1, -0.05) is 0 Å². The van der Waals surface area contributed by atoms with Crippen LogP contribution in [-0.2, 0) is 9.31 Å². The molecule has 1 fully saturated rings. The Labute approximate surface area is 126 Å². The molecule has 0 atom stereocenters. The van der Waals surface area contributed by atoms with Crippen LogP contribution in [0.2, 0.25) is 0 Å². The van der Waals surface area contributed by atoms with Crippen molar-refractivity contribution in [3.05, 3.63) is 33.6 Å². The summed E-state index contributed by atoms with van der Waals surface area (Å²) in [6, 6.07) is 1.93. The molecule has 0 unspecified atom stereocenters. The lowest BCUT2D eigenvalue weighted by Crippen LogP contribution is -2.41. The third-order valence-electron chi connectivity index (χ3n) is 4.03. The van der Waals surface area contributed by atoms with Crippen LogP contribution in [0, 0.1) is 15.9 Å². The normalized spacial score (nSPS) is 19.2. The minimum absolute atomic E-state index is 0.0872. The molecule has 1 aliphatic rings. The summed E-state index contributed by atoms with van der Waals surface area (Å²) in [6.07, 6.45) is 0. The number of hydrogen-bond donors (Lipinski definition) is 1. The second-order valence-electron chi connectivity index (χ2n) is 6.05. The Hall–Kier alpha value is -2.00. The quantitative estimate of drug-likeness (QED) is 0.518. The Kier molecular flexibility index (Phi) is 3.74. The smallest absolute Gasteiger partial charge is 0.478 e. The number of nitro groups is 1. The Balaban J connectivity index is 2.54. The number of hydrogen-bond acceptors (Lipinski definition) is 5. The van der Waals surface area contributed by atoms with Gasteiger partial charge in [-0.2, -0.15) is 4.39 Å². The average Bonchev–Trinajstić information content (AvgIpc) is 2.57. The van der Waals surface area contributed by atoms with Gasteiger partial charge in [-0.15, -0.1) is 0 Å². The molecular formula is C13H15BFNO6. The van der Waals surface area contributed by atoms with E-state index < -0.39 is 46.3 Å². The Morgan fingerprint density at radius 2 is 1.77 bits per heavy atom. The average molecular weight is 311 g/mol. The highest BCUT2D eigenvalue weighted by atomic mass is 19.1. The summed E-state index contributed by atoms with van der Waals surface area (Å²) < 4.78 is 25.2. The highest BCUT2D eigenvalue weighted by Crippen LogP contribution is 2.36. The summed E-state index contributed by atoms with van der Waals surface area (Å²) in [5.41, 5.74) is -3.04. The van der Waals surface area contributed by atoms with Crippen LogP contribution in [-0.4, -0.2) is 34.3 Å². The number of carbonyl (C=O) groups is 1. The number of halogens is 1. The number of benzene rings is 1. The zero-order valence-corrected chi connectivity index (χ0v) is 12.5. The maximum Gasteiger partial charge on any atom is 0.495 e. The molecule has 7 nitrogen and oxygen atoms in total. The predicted molar refractivity (Wildman–Crippen MR) is 75.7 cm³/mol. The summed E-state index contributed by atoms with van der Waals surface area (Å²) >= 11 is 0. The maximum atomic E-state index is 13.8. The van der Waals surface area contributed by atoms with Crippen LogP contribution in [0.5, 0.6) is 0 Å². The van der Waals surface area contributed by atoms with Crippen molar-refractivity contribution in [2.24, 2.45) is 0 Å². The Bertz CT molecular complexity index is 609. The van der Waals surface area contributed by atoms with Crippen molar-refractivity contribution >= 4 is 24.2 Å². The topological polar surface area (TPSA) is 98.9 Å². The summed E-state index contributed by atoms with van der Waals surface area (Å²) in [6.45, 7) is 7.12. The molecule has 22 heavy (non-hydrogen) atoms. The first-order valence-corrected chi connectivity index (χ1v) is 6.53. The molecule has 0 saturated carbocycles. The minimum atomic E-state index is -1.60. The van der Waals surface area contributed by atoms with Gasteiger partial charge in [0.1, 0.15) is 5.56 Å². The van der Waals surface area contributed by atoms with Crippen molar-refractivity contribution in [3.8, 4) is 0 Å². The van der Waals surface area contributed by atoms with E-state index in [1.807, 2.05) is 0 Å². The summed E-state index contributed by atoms with van der Waals surface area (Å²) in [7, 11) is -1.01. The zero-order chi connectivity index (χ0) is 16.9. The highest BCUT2D eigenvalue weighted by Gasteiger charge is 2.52. The van der Waals surface area contributed by atoms with Gasteiger partial charge in [-0.3, -0.25) is 10.1 Å². The van der Waals surface area contributed by atoms with Crippen molar-refractivity contribution in [1.29, 1.82) is 0 Å². The van der Waals surface area contributed by atoms with Crippen LogP contribution in [0.15, 0.2) is 12.1 Å². The van der Waals surface area contributed by atoms with Crippen molar-refractivity contribution < 1.29 is 28.5 Å². The molecule has 0 radical (unpaired) electrons. The molecule has 1 aliphatic heterocycles. The molecule has 1 aromatic carbocycles. The first-order chi connectivity index (χ1) is 9.96. The third-order valence-corrected chi connectivity index (χ3v) is 4.03. The molecule has 0 amide bonds. The highest BCUT2D eigenvalue weighted by molar-refractivity contribution is 6.62. The van der Waals surface area contributed by atoms with Crippen LogP contribution in [0.1, 0.15) is 38.1 Å². The number of aromatic carboxylic acids is 1. The lowest BCUT2D eigenvalue weighted by atomic mass is 9.78. The zero-order valence-electron chi connectivity index (χ0n) is 12.5. The van der Waals surface area contributed by atoms with E-state index in [2.05, 4.69) is 0 Å². The first-order valence-electron chi connectivity index (χ1n) is 6.53. The van der Waals surface area contributed by atoms with Gasteiger partial charge in [0.2, 0.25) is 5.82 Å². The second kappa shape index (κ2) is 5.03. The molecular weight excluding hydrogens is 296 g/mol. The van der Waals surface area contributed by atoms with E-state index in [0.29, 0.717) is 0 Å². The van der Waals surface area contributed by atoms with E-state index in [4.69, 9.17) is 14.4 Å². The summed E-state index contributed by atoms with van der Waals surface area (Å²) in [5, 5.41) is 19.9. The van der Waals surface area contributed by atoms with Gasteiger partial charge in [0, 0.05) is 6.07 Å². The number of carboxylic acid groups (broad SMARTS) is 1. The van der Waals surface area contributed by atoms with Crippen LogP contribution in [0.3, 0.4) is 0 Å². The number of nitrogens with zero attached hydrogens (tertiary/aromatic N) is 1. The number of carboxylic acids is 1. The van der Waals surface area contributed by atoms with Crippen molar-refractivity contribution in [2.75, 3.05) is 0 Å². The maximum absolute atomic E-state index is 13.8. The monoisotopic (exact) mass is 311 g/mol. The molecule has 0 aromatic heterocycles. The van der Waals surface area contributed by atoms with Crippen molar-refractivity contribution in [3.63, 3.8) is 0 Å². The first kappa shape index (κ1) is 16.4. The van der Waals surface area contributed by atoms with Crippen LogP contribution in [0.25, 0.3) is 0 Å². The fraction of sp³-hybridized carbons (Fsp3) is 0.462. The van der Waals surface area contributed by atoms with Gasteiger partial charge in [-0.25, -0.2) is 4.79 Å². The molecule has 118 valence electrons. The largest absolute Gasteiger partial charge is 0.495 e. The molecule has 1 aromatic rings. The predicted octanol–water partition coefficient (Wildman–Crippen LogP) is 1.73. The van der Waals surface area contributed by atoms with E-state index >= 15 is 0 Å². The van der Waals surface area contributed by atoms with Gasteiger partial charge in [0.05, 0.1) is 16.1 Å². The van der Waals surface area contributed by atoms with Gasteiger partial charge in [0.25, 0.3) is 0 Å². The van der Waals surface area contributed by atoms with Gasteiger partial charge in [-0.05, 0) is 39.2 Å². The van der Waals surface area contributed by atoms with Crippen LogP contribution >= 0.6 is 0 Å². The summed E-state index contributed by atoms with van der Waals surface area (Å²) in [4.78, 5) is 21.0. The van der Waals surface area contributed by atoms with E-state index in [1.165, 1.54) is 0 Å². The van der Waals surface area contributed by atoms with Crippen LogP contribution < -0.4 is 5.46 Å². The van der Waals surface area contributed by atoms with Crippen molar-refractivity contribution in [2.45, 2.75) is 38.9 Å². The van der Waals surface area contributed by atoms with E-state index in [9.17, 15) is 19.3 Å². The van der Waals surface area contributed by atoms with Gasteiger partial charge < -0.3 is 14.4 Å². The molecule has 0 spiro atoms. The number of nitro benzene ring substituents is 1. The third kappa shape index (κ3) is 2.57. The molecule has 1 saturated heterocycles.